The first-order valence-corrected chi connectivity index (χ1v) is 50.3. The van der Waals surface area contributed by atoms with Gasteiger partial charge in [0.1, 0.15) is 5.82 Å². The van der Waals surface area contributed by atoms with E-state index in [-0.39, 0.29) is 0 Å². The first-order valence-electron chi connectivity index (χ1n) is 50.3. The van der Waals surface area contributed by atoms with Gasteiger partial charge in [0.25, 0.3) is 0 Å². The largest absolute Gasteiger partial charge is 0.309 e. The van der Waals surface area contributed by atoms with Crippen molar-refractivity contribution in [2.24, 2.45) is 0 Å². The number of nitrogens with zero attached hydrogens (tertiary/aromatic N) is 8. The summed E-state index contributed by atoms with van der Waals surface area (Å²) in [4.78, 5) is 28.8. The number of pyridine rings is 4. The van der Waals surface area contributed by atoms with Gasteiger partial charge < -0.3 is 14.7 Å². The lowest BCUT2D eigenvalue weighted by atomic mass is 9.82. The first-order chi connectivity index (χ1) is 69.4. The molecule has 16 aromatic carbocycles. The van der Waals surface area contributed by atoms with Crippen molar-refractivity contribution < 1.29 is 0 Å². The molecule has 0 N–H and O–H groups in total. The van der Waals surface area contributed by atoms with Gasteiger partial charge >= 0.3 is 0 Å². The Balaban J connectivity index is 0.0000000829. The third-order valence-electron chi connectivity index (χ3n) is 34.3. The molecule has 4 aromatic heterocycles. The van der Waals surface area contributed by atoms with Crippen LogP contribution in [0.15, 0.2) is 340 Å². The summed E-state index contributed by atoms with van der Waals surface area (Å²) in [5.74, 6) is 1.09. The SMILES string of the molecule is c1ccc2c(c1)Cc1ccc3c(c1-2)Cc1cc2c4c(c1-3)Cc1cccnc1N4c1ccccc1C2.c1ccc2c(c1)Cc1ccc3c(c1-2)Cc1cc2c4c(c1-3)Cc1ccncc1N4c1ccccc1C2.c1ccc2c(c1)Cc1ccc3c(c1-2)Cc1cc2c4c(c1-3)Cc1cnccc1N4c1ccccc1C2.c1ccc2c(c1)Cc1ccc3c(c1-2)Cc1cc2c4c(c1-3)Cc1ncccc1N4c1ccccc1C2. The van der Waals surface area contributed by atoms with Crippen molar-refractivity contribution in [2.45, 2.75) is 103 Å². The van der Waals surface area contributed by atoms with Crippen molar-refractivity contribution in [3.63, 3.8) is 0 Å². The van der Waals surface area contributed by atoms with Crippen molar-refractivity contribution in [1.29, 1.82) is 0 Å². The zero-order valence-electron chi connectivity index (χ0n) is 77.2. The average molecular weight is 1790 g/mol. The van der Waals surface area contributed by atoms with Crippen LogP contribution >= 0.6 is 0 Å². The fraction of sp³-hybridized carbons (Fsp3) is 0.121. The maximum atomic E-state index is 4.88. The summed E-state index contributed by atoms with van der Waals surface area (Å²) in [6.45, 7) is 0. The van der Waals surface area contributed by atoms with E-state index >= 15 is 0 Å². The highest BCUT2D eigenvalue weighted by Gasteiger charge is 2.46. The first kappa shape index (κ1) is 76.5. The minimum Gasteiger partial charge on any atom is -0.309 e. The fourth-order valence-corrected chi connectivity index (χ4v) is 28.9. The molecular formula is C132H88N8. The number of fused-ring (bicyclic) bond motifs is 48. The third kappa shape index (κ3) is 10.6. The maximum Gasteiger partial charge on any atom is 0.141 e. The van der Waals surface area contributed by atoms with Crippen LogP contribution in [0.2, 0.25) is 0 Å². The van der Waals surface area contributed by atoms with Gasteiger partial charge in [-0.1, -0.05) is 249 Å². The number of hydrogen-bond donors (Lipinski definition) is 0. The smallest absolute Gasteiger partial charge is 0.141 e. The Bertz CT molecular complexity index is 8040. The van der Waals surface area contributed by atoms with Gasteiger partial charge in [-0.25, -0.2) is 4.98 Å². The second kappa shape index (κ2) is 28.5. The van der Waals surface area contributed by atoms with E-state index in [9.17, 15) is 0 Å². The lowest BCUT2D eigenvalue weighted by Gasteiger charge is -2.40. The Labute approximate surface area is 812 Å². The number of aromatic nitrogens is 4. The van der Waals surface area contributed by atoms with Crippen LogP contribution in [0.3, 0.4) is 0 Å². The normalized spacial score (nSPS) is 14.9. The van der Waals surface area contributed by atoms with Crippen LogP contribution < -0.4 is 19.6 Å². The van der Waals surface area contributed by atoms with Crippen molar-refractivity contribution in [1.82, 2.24) is 19.9 Å². The number of para-hydroxylation sites is 4. The minimum absolute atomic E-state index is 0.896. The fourth-order valence-electron chi connectivity index (χ4n) is 28.9. The monoisotopic (exact) mass is 1780 g/mol. The molecule has 16 aliphatic rings. The zero-order valence-corrected chi connectivity index (χ0v) is 77.2. The zero-order chi connectivity index (χ0) is 90.7. The molecular weight excluding hydrogens is 1700 g/mol. The summed E-state index contributed by atoms with van der Waals surface area (Å²) in [6, 6.07) is 114. The summed E-state index contributed by atoms with van der Waals surface area (Å²) < 4.78 is 0. The van der Waals surface area contributed by atoms with Crippen LogP contribution in [-0.2, 0) is 103 Å². The third-order valence-corrected chi connectivity index (χ3v) is 34.3. The Kier molecular flexibility index (Phi) is 15.6. The molecule has 0 amide bonds. The molecule has 0 saturated heterocycles. The number of anilines is 12. The topological polar surface area (TPSA) is 64.5 Å². The van der Waals surface area contributed by atoms with Gasteiger partial charge in [-0.15, -0.1) is 0 Å². The molecule has 8 nitrogen and oxygen atoms in total. The molecule has 12 heterocycles. The van der Waals surface area contributed by atoms with Crippen molar-refractivity contribution in [2.75, 3.05) is 19.6 Å². The maximum absolute atomic E-state index is 4.88. The Morgan fingerprint density at radius 2 is 0.443 bits per heavy atom. The average Bonchev–Trinajstić information content (AvgIpc) is 1.28. The molecule has 0 fully saturated rings. The van der Waals surface area contributed by atoms with Gasteiger partial charge in [-0.05, 0) is 367 Å². The van der Waals surface area contributed by atoms with Gasteiger partial charge in [-0.3, -0.25) is 19.9 Å². The molecule has 8 heteroatoms. The van der Waals surface area contributed by atoms with E-state index in [2.05, 4.69) is 345 Å². The van der Waals surface area contributed by atoms with E-state index in [1.165, 1.54) is 330 Å². The molecule has 140 heavy (non-hydrogen) atoms. The van der Waals surface area contributed by atoms with Gasteiger partial charge in [0.05, 0.1) is 57.4 Å². The molecule has 0 atom stereocenters. The number of benzene rings is 16. The standard InChI is InChI=1S/4C33H22N2/c1-3-9-25-19(6-1)14-21-11-12-26-27(30(21)25)18-23-16-24-15-20-7-2-4-10-29(20)35-32(24)28(31(23)26)17-22-8-5-13-34-33(22)35;1-3-8-24-19(6-1)14-21-11-12-25-26(31(21)24)17-22-16-23-15-20-7-2-4-9-29(20)35-30-10-5-13-34-28(30)18-27(32(22)25)33(23)35;1-3-7-25-19(5-1)13-22-9-10-26-27(31(22)25)17-23-15-24-14-20-6-2-4-8-29(20)35-30-18-34-12-11-21(30)16-28(32(23)26)33(24)35;1-3-7-25-19(5-1)13-21-9-10-26-27(31(21)25)16-22-15-23-14-20-6-2-4-8-29(20)35-30-11-12-34-18-24(30)17-28(32(22)26)33(23)35/h2*1-13,16H,14-15,17-18H2;2*1-12,15,18H,13-14,16-17H2. The molecule has 20 aromatic rings. The summed E-state index contributed by atoms with van der Waals surface area (Å²) in [5, 5.41) is 0. The van der Waals surface area contributed by atoms with Gasteiger partial charge in [0.15, 0.2) is 0 Å². The van der Waals surface area contributed by atoms with Crippen LogP contribution in [0.25, 0.3) is 89.0 Å². The molecule has 8 aliphatic carbocycles. The van der Waals surface area contributed by atoms with E-state index in [0.717, 1.165) is 109 Å². The van der Waals surface area contributed by atoms with Crippen LogP contribution in [0, 0.1) is 0 Å². The molecule has 0 spiro atoms. The number of hydrogen-bond acceptors (Lipinski definition) is 8. The lowest BCUT2D eigenvalue weighted by Crippen LogP contribution is -2.26. The molecule has 656 valence electrons. The molecule has 0 bridgehead atoms. The van der Waals surface area contributed by atoms with Crippen LogP contribution in [-0.4, -0.2) is 19.9 Å². The van der Waals surface area contributed by atoms with E-state index in [4.69, 9.17) is 9.97 Å². The second-order valence-electron chi connectivity index (χ2n) is 41.4. The summed E-state index contributed by atoms with van der Waals surface area (Å²) in [5.41, 5.74) is 84.4. The van der Waals surface area contributed by atoms with E-state index in [0.29, 0.717) is 0 Å². The van der Waals surface area contributed by atoms with Crippen LogP contribution in [0.5, 0.6) is 0 Å². The van der Waals surface area contributed by atoms with Crippen molar-refractivity contribution >= 4 is 68.4 Å². The Morgan fingerprint density at radius 1 is 0.157 bits per heavy atom. The Morgan fingerprint density at radius 3 is 0.879 bits per heavy atom. The second-order valence-corrected chi connectivity index (χ2v) is 41.4. The van der Waals surface area contributed by atoms with E-state index in [1.54, 1.807) is 0 Å². The summed E-state index contributed by atoms with van der Waals surface area (Å²) >= 11 is 0. The van der Waals surface area contributed by atoms with Gasteiger partial charge in [0.2, 0.25) is 0 Å². The number of rotatable bonds is 0. The van der Waals surface area contributed by atoms with Gasteiger partial charge in [-0.2, -0.15) is 0 Å². The van der Waals surface area contributed by atoms with Crippen LogP contribution in [0.1, 0.15) is 178 Å². The van der Waals surface area contributed by atoms with E-state index in [1.807, 2.05) is 24.8 Å². The van der Waals surface area contributed by atoms with Crippen molar-refractivity contribution in [3.8, 4) is 89.0 Å². The predicted octanol–water partition coefficient (Wildman–Crippen LogP) is 30.0. The highest BCUT2D eigenvalue weighted by atomic mass is 15.2. The summed E-state index contributed by atoms with van der Waals surface area (Å²) in [7, 11) is 0. The molecule has 0 radical (unpaired) electrons. The highest BCUT2D eigenvalue weighted by Crippen LogP contribution is 2.64. The molecule has 36 rings (SSSR count). The van der Waals surface area contributed by atoms with E-state index < -0.39 is 0 Å². The quantitative estimate of drug-likeness (QED) is 0.149. The van der Waals surface area contributed by atoms with Crippen molar-refractivity contribution in [3.05, 3.63) is 519 Å². The predicted molar refractivity (Wildman–Crippen MR) is 564 cm³/mol. The summed E-state index contributed by atoms with van der Waals surface area (Å²) in [6.07, 6.45) is 28.0. The van der Waals surface area contributed by atoms with Crippen LogP contribution in [0.4, 0.5) is 68.4 Å². The lowest BCUT2D eigenvalue weighted by molar-refractivity contribution is 0.969. The minimum atomic E-state index is 0.896. The molecule has 8 aliphatic heterocycles. The molecule has 0 unspecified atom stereocenters. The van der Waals surface area contributed by atoms with Gasteiger partial charge in [0, 0.05) is 99.4 Å². The Hall–Kier alpha value is -16.7. The highest BCUT2D eigenvalue weighted by molar-refractivity contribution is 6.05. The molecule has 0 saturated carbocycles.